The van der Waals surface area contributed by atoms with Gasteiger partial charge in [-0.05, 0) is 23.9 Å². The zero-order chi connectivity index (χ0) is 13.0. The normalized spacial score (nSPS) is 11.3. The molecule has 2 rings (SSSR count). The molecule has 0 saturated carbocycles. The van der Waals surface area contributed by atoms with Crippen LogP contribution >= 0.6 is 11.3 Å². The number of benzene rings is 1. The van der Waals surface area contributed by atoms with E-state index < -0.39 is 5.97 Å². The number of nitrogens with two attached hydrogens (primary N) is 1. The zero-order valence-electron chi connectivity index (χ0n) is 9.79. The van der Waals surface area contributed by atoms with Gasteiger partial charge in [-0.1, -0.05) is 35.5 Å². The fraction of sp³-hybridized carbons (Fsp3) is 0.0769. The van der Waals surface area contributed by atoms with Crippen molar-refractivity contribution in [2.24, 2.45) is 10.9 Å². The summed E-state index contributed by atoms with van der Waals surface area (Å²) in [6.07, 6.45) is 0. The number of rotatable bonds is 3. The van der Waals surface area contributed by atoms with Gasteiger partial charge < -0.3 is 10.6 Å². The minimum atomic E-state index is -0.499. The number of nitrogens with zero attached hydrogens (tertiary/aromatic N) is 1. The first-order chi connectivity index (χ1) is 8.68. The number of oxime groups is 1. The molecule has 0 spiro atoms. The predicted octanol–water partition coefficient (Wildman–Crippen LogP) is 2.53. The largest absolute Gasteiger partial charge is 0.380 e. The lowest BCUT2D eigenvalue weighted by molar-refractivity contribution is 0.0522. The maximum Gasteiger partial charge on any atom is 0.375 e. The van der Waals surface area contributed by atoms with E-state index >= 15 is 0 Å². The summed E-state index contributed by atoms with van der Waals surface area (Å²) in [5.74, 6) is -0.306. The lowest BCUT2D eigenvalue weighted by Gasteiger charge is -2.03. The Hall–Kier alpha value is -2.14. The molecule has 0 amide bonds. The molecule has 0 radical (unpaired) electrons. The van der Waals surface area contributed by atoms with Crippen LogP contribution in [0.3, 0.4) is 0 Å². The fourth-order valence-electron chi connectivity index (χ4n) is 1.44. The van der Waals surface area contributed by atoms with Crippen molar-refractivity contribution >= 4 is 23.1 Å². The quantitative estimate of drug-likeness (QED) is 0.399. The Morgan fingerprint density at radius 2 is 2.06 bits per heavy atom. The van der Waals surface area contributed by atoms with Crippen molar-refractivity contribution in [3.63, 3.8) is 0 Å². The van der Waals surface area contributed by atoms with Gasteiger partial charge in [0.2, 0.25) is 0 Å². The molecule has 0 saturated heterocycles. The van der Waals surface area contributed by atoms with Gasteiger partial charge in [-0.25, -0.2) is 4.79 Å². The average Bonchev–Trinajstić information content (AvgIpc) is 2.90. The van der Waals surface area contributed by atoms with Gasteiger partial charge >= 0.3 is 5.97 Å². The molecule has 2 N–H and O–H groups in total. The maximum absolute atomic E-state index is 11.6. The van der Waals surface area contributed by atoms with E-state index in [2.05, 4.69) is 5.16 Å². The maximum atomic E-state index is 11.6. The van der Waals surface area contributed by atoms with Gasteiger partial charge in [-0.15, -0.1) is 11.3 Å². The highest BCUT2D eigenvalue weighted by molar-refractivity contribution is 7.11. The molecule has 92 valence electrons. The summed E-state index contributed by atoms with van der Waals surface area (Å²) in [4.78, 5) is 16.8. The zero-order valence-corrected chi connectivity index (χ0v) is 10.6. The molecule has 0 aliphatic carbocycles. The summed E-state index contributed by atoms with van der Waals surface area (Å²) >= 11 is 1.30. The van der Waals surface area contributed by atoms with E-state index in [-0.39, 0.29) is 5.84 Å². The minimum Gasteiger partial charge on any atom is -0.380 e. The number of aryl methyl sites for hydroxylation is 1. The van der Waals surface area contributed by atoms with Crippen molar-refractivity contribution < 1.29 is 9.63 Å². The van der Waals surface area contributed by atoms with Crippen molar-refractivity contribution in [1.82, 2.24) is 0 Å². The molecule has 0 bridgehead atoms. The second-order valence-electron chi connectivity index (χ2n) is 3.65. The number of thiophene rings is 1. The Morgan fingerprint density at radius 1 is 1.28 bits per heavy atom. The lowest BCUT2D eigenvalue weighted by atomic mass is 10.1. The van der Waals surface area contributed by atoms with Crippen molar-refractivity contribution in [2.75, 3.05) is 0 Å². The Balaban J connectivity index is 2.11. The Labute approximate surface area is 109 Å². The van der Waals surface area contributed by atoms with E-state index in [4.69, 9.17) is 10.6 Å². The summed E-state index contributed by atoms with van der Waals surface area (Å²) in [5, 5.41) is 5.46. The van der Waals surface area contributed by atoms with Gasteiger partial charge in [0.15, 0.2) is 5.84 Å². The van der Waals surface area contributed by atoms with Gasteiger partial charge in [0, 0.05) is 5.56 Å². The highest BCUT2D eigenvalue weighted by atomic mass is 32.1. The van der Waals surface area contributed by atoms with Crippen LogP contribution in [0.4, 0.5) is 0 Å². The molecule has 2 aromatic rings. The van der Waals surface area contributed by atoms with E-state index in [9.17, 15) is 4.79 Å². The summed E-state index contributed by atoms with van der Waals surface area (Å²) in [7, 11) is 0. The van der Waals surface area contributed by atoms with Crippen molar-refractivity contribution in [3.8, 4) is 0 Å². The summed E-state index contributed by atoms with van der Waals surface area (Å²) in [6.45, 7) is 1.92. The van der Waals surface area contributed by atoms with Crippen molar-refractivity contribution in [3.05, 3.63) is 57.8 Å². The van der Waals surface area contributed by atoms with Gasteiger partial charge in [0.25, 0.3) is 0 Å². The van der Waals surface area contributed by atoms with E-state index in [0.717, 1.165) is 11.1 Å². The standard InChI is InChI=1S/C13H12N2O2S/c1-9-5-2-3-6-10(9)12(14)15-17-13(16)11-7-4-8-18-11/h2-8H,1H3,(H2,14,15). The first-order valence-corrected chi connectivity index (χ1v) is 6.21. The molecule has 5 heteroatoms. The molecule has 4 nitrogen and oxygen atoms in total. The summed E-state index contributed by atoms with van der Waals surface area (Å²) in [6, 6.07) is 10.9. The Morgan fingerprint density at radius 3 is 2.72 bits per heavy atom. The molecule has 1 heterocycles. The summed E-state index contributed by atoms with van der Waals surface area (Å²) < 4.78 is 0. The van der Waals surface area contributed by atoms with Gasteiger partial charge in [0.05, 0.1) is 0 Å². The van der Waals surface area contributed by atoms with Crippen LogP contribution in [-0.2, 0) is 4.84 Å². The van der Waals surface area contributed by atoms with E-state index in [1.807, 2.05) is 31.2 Å². The smallest absolute Gasteiger partial charge is 0.375 e. The molecular weight excluding hydrogens is 248 g/mol. The van der Waals surface area contributed by atoms with Gasteiger partial charge in [0.1, 0.15) is 4.88 Å². The predicted molar refractivity (Wildman–Crippen MR) is 71.6 cm³/mol. The molecule has 1 aromatic heterocycles. The molecule has 0 fully saturated rings. The monoisotopic (exact) mass is 260 g/mol. The summed E-state index contributed by atoms with van der Waals surface area (Å²) in [5.41, 5.74) is 7.51. The number of amidine groups is 1. The number of carbonyl (C=O) groups is 1. The van der Waals surface area contributed by atoms with Crippen molar-refractivity contribution in [1.29, 1.82) is 0 Å². The average molecular weight is 260 g/mol. The third-order valence-electron chi connectivity index (χ3n) is 2.37. The third kappa shape index (κ3) is 2.75. The van der Waals surface area contributed by atoms with Crippen LogP contribution in [0.5, 0.6) is 0 Å². The van der Waals surface area contributed by atoms with E-state index in [1.165, 1.54) is 11.3 Å². The molecule has 18 heavy (non-hydrogen) atoms. The van der Waals surface area contributed by atoms with Crippen LogP contribution in [-0.4, -0.2) is 11.8 Å². The van der Waals surface area contributed by atoms with Crippen molar-refractivity contribution in [2.45, 2.75) is 6.92 Å². The van der Waals surface area contributed by atoms with Crippen LogP contribution in [0.15, 0.2) is 46.9 Å². The van der Waals surface area contributed by atoms with Crippen LogP contribution in [0.25, 0.3) is 0 Å². The van der Waals surface area contributed by atoms with Crippen LogP contribution in [0.1, 0.15) is 20.8 Å². The molecule has 0 aliphatic rings. The highest BCUT2D eigenvalue weighted by Gasteiger charge is 2.09. The van der Waals surface area contributed by atoms with E-state index in [0.29, 0.717) is 4.88 Å². The second kappa shape index (κ2) is 5.46. The Bertz CT molecular complexity index is 576. The topological polar surface area (TPSA) is 64.7 Å². The number of carbonyl (C=O) groups excluding carboxylic acids is 1. The Kier molecular flexibility index (Phi) is 3.74. The first-order valence-electron chi connectivity index (χ1n) is 5.33. The number of hydrogen-bond acceptors (Lipinski definition) is 4. The second-order valence-corrected chi connectivity index (χ2v) is 4.60. The van der Waals surface area contributed by atoms with Crippen LogP contribution in [0.2, 0.25) is 0 Å². The molecule has 0 unspecified atom stereocenters. The van der Waals surface area contributed by atoms with E-state index in [1.54, 1.807) is 17.5 Å². The van der Waals surface area contributed by atoms with Gasteiger partial charge in [-0.3, -0.25) is 0 Å². The molecular formula is C13H12N2O2S. The SMILES string of the molecule is Cc1ccccc1/C(N)=N/OC(=O)c1cccs1. The number of hydrogen-bond donors (Lipinski definition) is 1. The fourth-order valence-corrected chi connectivity index (χ4v) is 2.03. The minimum absolute atomic E-state index is 0.193. The molecule has 0 atom stereocenters. The third-order valence-corrected chi connectivity index (χ3v) is 3.22. The van der Waals surface area contributed by atoms with Gasteiger partial charge in [-0.2, -0.15) is 0 Å². The van der Waals surface area contributed by atoms with Crippen LogP contribution < -0.4 is 5.73 Å². The lowest BCUT2D eigenvalue weighted by Crippen LogP contribution is -2.16. The molecule has 0 aliphatic heterocycles. The highest BCUT2D eigenvalue weighted by Crippen LogP contribution is 2.11. The first kappa shape index (κ1) is 12.3. The molecule has 1 aromatic carbocycles. The van der Waals surface area contributed by atoms with Crippen LogP contribution in [0, 0.1) is 6.92 Å².